The highest BCUT2D eigenvalue weighted by atomic mass is 14.7. The maximum atomic E-state index is 5.96. The molecule has 2 heteroatoms. The smallest absolute Gasteiger partial charge is 0.0757 e. The van der Waals surface area contributed by atoms with E-state index in [2.05, 4.69) is 31.0 Å². The number of nitrogen functional groups attached to an aromatic ring is 1. The molecule has 0 spiro atoms. The average Bonchev–Trinajstić information content (AvgIpc) is 2.22. The van der Waals surface area contributed by atoms with Gasteiger partial charge in [0.05, 0.1) is 5.52 Å². The normalized spacial score (nSPS) is 10.9. The standard InChI is InChI=1S/C13H16N2/c1-4-10-5-6-12(14)11-7-8(2)9(3)15-13(10)11/h5-7H,4,14H2,1-3H3. The maximum absolute atomic E-state index is 5.96. The lowest BCUT2D eigenvalue weighted by molar-refractivity contribution is 1.12. The average molecular weight is 200 g/mol. The first-order valence-corrected chi connectivity index (χ1v) is 5.28. The monoisotopic (exact) mass is 200 g/mol. The van der Waals surface area contributed by atoms with Crippen LogP contribution in [0.3, 0.4) is 0 Å². The van der Waals surface area contributed by atoms with Crippen LogP contribution in [0.1, 0.15) is 23.7 Å². The summed E-state index contributed by atoms with van der Waals surface area (Å²) in [5.41, 5.74) is 11.4. The van der Waals surface area contributed by atoms with Crippen molar-refractivity contribution < 1.29 is 0 Å². The molecule has 2 rings (SSSR count). The first kappa shape index (κ1) is 9.97. The maximum Gasteiger partial charge on any atom is 0.0757 e. The molecule has 0 saturated carbocycles. The van der Waals surface area contributed by atoms with Crippen LogP contribution in [0.5, 0.6) is 0 Å². The van der Waals surface area contributed by atoms with Gasteiger partial charge >= 0.3 is 0 Å². The van der Waals surface area contributed by atoms with Gasteiger partial charge in [-0.2, -0.15) is 0 Å². The fourth-order valence-electron chi connectivity index (χ4n) is 1.81. The number of aryl methyl sites for hydroxylation is 3. The van der Waals surface area contributed by atoms with E-state index in [0.29, 0.717) is 0 Å². The van der Waals surface area contributed by atoms with Gasteiger partial charge in [-0.25, -0.2) is 0 Å². The number of aromatic nitrogens is 1. The van der Waals surface area contributed by atoms with E-state index in [9.17, 15) is 0 Å². The summed E-state index contributed by atoms with van der Waals surface area (Å²) < 4.78 is 0. The van der Waals surface area contributed by atoms with E-state index in [1.54, 1.807) is 0 Å². The summed E-state index contributed by atoms with van der Waals surface area (Å²) in [5, 5.41) is 1.08. The number of pyridine rings is 1. The lowest BCUT2D eigenvalue weighted by Crippen LogP contribution is -1.96. The molecular weight excluding hydrogens is 184 g/mol. The van der Waals surface area contributed by atoms with Gasteiger partial charge in [0.15, 0.2) is 0 Å². The molecule has 0 unspecified atom stereocenters. The third-order valence-electron chi connectivity index (χ3n) is 2.93. The van der Waals surface area contributed by atoms with Crippen molar-refractivity contribution in [1.82, 2.24) is 4.98 Å². The Morgan fingerprint density at radius 1 is 1.27 bits per heavy atom. The first-order valence-electron chi connectivity index (χ1n) is 5.28. The van der Waals surface area contributed by atoms with E-state index in [1.165, 1.54) is 11.1 Å². The van der Waals surface area contributed by atoms with E-state index >= 15 is 0 Å². The van der Waals surface area contributed by atoms with Crippen LogP contribution in [-0.4, -0.2) is 4.98 Å². The molecule has 0 aliphatic rings. The molecule has 0 aliphatic carbocycles. The fraction of sp³-hybridized carbons (Fsp3) is 0.308. The highest BCUT2D eigenvalue weighted by Crippen LogP contribution is 2.25. The second-order valence-electron chi connectivity index (χ2n) is 3.95. The molecule has 1 aromatic carbocycles. The van der Waals surface area contributed by atoms with Crippen LogP contribution in [0.2, 0.25) is 0 Å². The summed E-state index contributed by atoms with van der Waals surface area (Å²) in [7, 11) is 0. The molecule has 78 valence electrons. The zero-order valence-electron chi connectivity index (χ0n) is 9.46. The van der Waals surface area contributed by atoms with Crippen molar-refractivity contribution in [2.75, 3.05) is 5.73 Å². The van der Waals surface area contributed by atoms with E-state index in [-0.39, 0.29) is 0 Å². The summed E-state index contributed by atoms with van der Waals surface area (Å²) >= 11 is 0. The van der Waals surface area contributed by atoms with Gasteiger partial charge in [0.25, 0.3) is 0 Å². The van der Waals surface area contributed by atoms with Gasteiger partial charge in [-0.1, -0.05) is 13.0 Å². The Hall–Kier alpha value is -1.57. The van der Waals surface area contributed by atoms with Crippen molar-refractivity contribution in [3.05, 3.63) is 35.0 Å². The van der Waals surface area contributed by atoms with E-state index in [1.807, 2.05) is 13.0 Å². The van der Waals surface area contributed by atoms with Crippen LogP contribution in [0, 0.1) is 13.8 Å². The molecular formula is C13H16N2. The Morgan fingerprint density at radius 3 is 2.67 bits per heavy atom. The van der Waals surface area contributed by atoms with Crippen LogP contribution in [0.4, 0.5) is 5.69 Å². The fourth-order valence-corrected chi connectivity index (χ4v) is 1.81. The zero-order chi connectivity index (χ0) is 11.0. The minimum atomic E-state index is 0.817. The van der Waals surface area contributed by atoms with Crippen molar-refractivity contribution in [3.63, 3.8) is 0 Å². The second kappa shape index (κ2) is 3.54. The number of hydrogen-bond acceptors (Lipinski definition) is 2. The van der Waals surface area contributed by atoms with Gasteiger partial charge in [-0.3, -0.25) is 4.98 Å². The molecule has 0 bridgehead atoms. The van der Waals surface area contributed by atoms with Crippen molar-refractivity contribution >= 4 is 16.6 Å². The zero-order valence-corrected chi connectivity index (χ0v) is 9.46. The largest absolute Gasteiger partial charge is 0.398 e. The Bertz CT molecular complexity index is 515. The molecule has 0 amide bonds. The van der Waals surface area contributed by atoms with Crippen LogP contribution in [0.15, 0.2) is 18.2 Å². The van der Waals surface area contributed by atoms with E-state index < -0.39 is 0 Å². The molecule has 0 aliphatic heterocycles. The molecule has 2 aromatic rings. The van der Waals surface area contributed by atoms with E-state index in [0.717, 1.165) is 28.7 Å². The predicted octanol–water partition coefficient (Wildman–Crippen LogP) is 3.00. The summed E-state index contributed by atoms with van der Waals surface area (Å²) in [5.74, 6) is 0. The summed E-state index contributed by atoms with van der Waals surface area (Å²) in [6.45, 7) is 6.25. The third kappa shape index (κ3) is 1.56. The van der Waals surface area contributed by atoms with Gasteiger partial charge in [0.2, 0.25) is 0 Å². The Morgan fingerprint density at radius 2 is 2.00 bits per heavy atom. The summed E-state index contributed by atoms with van der Waals surface area (Å²) in [6.07, 6.45) is 0.992. The van der Waals surface area contributed by atoms with Crippen LogP contribution >= 0.6 is 0 Å². The minimum absolute atomic E-state index is 0.817. The lowest BCUT2D eigenvalue weighted by Gasteiger charge is -2.09. The van der Waals surface area contributed by atoms with Gasteiger partial charge in [0.1, 0.15) is 0 Å². The van der Waals surface area contributed by atoms with Gasteiger partial charge < -0.3 is 5.73 Å². The molecule has 15 heavy (non-hydrogen) atoms. The van der Waals surface area contributed by atoms with Gasteiger partial charge in [0, 0.05) is 16.8 Å². The molecule has 0 radical (unpaired) electrons. The number of rotatable bonds is 1. The lowest BCUT2D eigenvalue weighted by atomic mass is 10.0. The molecule has 0 saturated heterocycles. The second-order valence-corrected chi connectivity index (χ2v) is 3.95. The number of hydrogen-bond donors (Lipinski definition) is 1. The topological polar surface area (TPSA) is 38.9 Å². The van der Waals surface area contributed by atoms with Gasteiger partial charge in [-0.15, -0.1) is 0 Å². The van der Waals surface area contributed by atoms with Crippen molar-refractivity contribution in [1.29, 1.82) is 0 Å². The summed E-state index contributed by atoms with van der Waals surface area (Å²) in [4.78, 5) is 4.63. The van der Waals surface area contributed by atoms with Crippen LogP contribution in [0.25, 0.3) is 10.9 Å². The van der Waals surface area contributed by atoms with Gasteiger partial charge in [-0.05, 0) is 43.5 Å². The molecule has 2 N–H and O–H groups in total. The quantitative estimate of drug-likeness (QED) is 0.719. The number of nitrogens with zero attached hydrogens (tertiary/aromatic N) is 1. The Balaban J connectivity index is 2.88. The van der Waals surface area contributed by atoms with E-state index in [4.69, 9.17) is 5.73 Å². The molecule has 1 heterocycles. The van der Waals surface area contributed by atoms with Crippen LogP contribution in [-0.2, 0) is 6.42 Å². The minimum Gasteiger partial charge on any atom is -0.398 e. The Kier molecular flexibility index (Phi) is 2.35. The summed E-state index contributed by atoms with van der Waals surface area (Å²) in [6, 6.07) is 6.17. The molecule has 1 aromatic heterocycles. The highest BCUT2D eigenvalue weighted by molar-refractivity contribution is 5.93. The van der Waals surface area contributed by atoms with Crippen molar-refractivity contribution in [3.8, 4) is 0 Å². The van der Waals surface area contributed by atoms with Crippen molar-refractivity contribution in [2.45, 2.75) is 27.2 Å². The number of fused-ring (bicyclic) bond motifs is 1. The van der Waals surface area contributed by atoms with Crippen molar-refractivity contribution in [2.24, 2.45) is 0 Å². The molecule has 2 nitrogen and oxygen atoms in total. The third-order valence-corrected chi connectivity index (χ3v) is 2.93. The number of anilines is 1. The molecule has 0 fully saturated rings. The highest BCUT2D eigenvalue weighted by Gasteiger charge is 2.06. The predicted molar refractivity (Wildman–Crippen MR) is 65.0 cm³/mol. The first-order chi connectivity index (χ1) is 7.13. The van der Waals surface area contributed by atoms with Crippen LogP contribution < -0.4 is 5.73 Å². The number of benzene rings is 1. The number of nitrogens with two attached hydrogens (primary N) is 1. The molecule has 0 atom stereocenters. The SMILES string of the molecule is CCc1ccc(N)c2cc(C)c(C)nc12. The Labute approximate surface area is 90.1 Å².